The van der Waals surface area contributed by atoms with Crippen molar-refractivity contribution in [2.45, 2.75) is 13.8 Å². The summed E-state index contributed by atoms with van der Waals surface area (Å²) in [5, 5.41) is 13.9. The van der Waals surface area contributed by atoms with E-state index in [1.807, 2.05) is 0 Å². The molecule has 0 atom stereocenters. The molecule has 0 amide bonds. The van der Waals surface area contributed by atoms with Crippen LogP contribution in [0.25, 0.3) is 0 Å². The fraction of sp³-hybridized carbons (Fsp3) is 0.400. The second-order valence-corrected chi connectivity index (χ2v) is 1.35. The van der Waals surface area contributed by atoms with Gasteiger partial charge < -0.3 is 10.2 Å². The van der Waals surface area contributed by atoms with Crippen LogP contribution in [0.15, 0.2) is 11.7 Å². The molecule has 0 aliphatic heterocycles. The highest BCUT2D eigenvalue weighted by molar-refractivity contribution is 5.53. The highest BCUT2D eigenvalue weighted by Gasteiger charge is 1.86. The van der Waals surface area contributed by atoms with Crippen LogP contribution < -0.4 is 0 Å². The molecule has 0 spiro atoms. The summed E-state index contributed by atoms with van der Waals surface area (Å²) in [6.07, 6.45) is -1.83. The maximum Gasteiger partial charge on any atom is 0.503 e. The number of halogens is 2. The van der Waals surface area contributed by atoms with Gasteiger partial charge in [0.2, 0.25) is 0 Å². The molecule has 5 heteroatoms. The van der Waals surface area contributed by atoms with E-state index in [2.05, 4.69) is 0 Å². The molecule has 0 saturated heterocycles. The highest BCUT2D eigenvalue weighted by Crippen LogP contribution is 2.02. The molecular weight excluding hydrogens is 146 g/mol. The Morgan fingerprint density at radius 2 is 1.20 bits per heavy atom. The van der Waals surface area contributed by atoms with E-state index in [1.165, 1.54) is 0 Å². The summed E-state index contributed by atoms with van der Waals surface area (Å²) in [7, 11) is 0. The average Bonchev–Trinajstić information content (AvgIpc) is 1.63. The summed E-state index contributed by atoms with van der Waals surface area (Å²) in [6.45, 7) is 2.16. The molecular formula is C5H8F2O3. The van der Waals surface area contributed by atoms with Crippen molar-refractivity contribution >= 4 is 6.16 Å². The van der Waals surface area contributed by atoms with E-state index < -0.39 is 17.8 Å². The number of hydrogen-bond acceptors (Lipinski definition) is 1. The van der Waals surface area contributed by atoms with Crippen LogP contribution in [0.5, 0.6) is 0 Å². The standard InChI is InChI=1S/C4H6F2.CH2O3/c1-3(5)4(2)6;2-1(3)4/h1-2H3;(H2,2,3,4). The van der Waals surface area contributed by atoms with Crippen molar-refractivity contribution in [3.05, 3.63) is 11.7 Å². The van der Waals surface area contributed by atoms with Crippen LogP contribution in [0.3, 0.4) is 0 Å². The minimum atomic E-state index is -1.83. The molecule has 0 bridgehead atoms. The van der Waals surface area contributed by atoms with Gasteiger partial charge in [0.1, 0.15) is 11.7 Å². The lowest BCUT2D eigenvalue weighted by Gasteiger charge is -1.78. The van der Waals surface area contributed by atoms with Crippen molar-refractivity contribution in [3.8, 4) is 0 Å². The fourth-order valence-electron chi connectivity index (χ4n) is 0. The lowest BCUT2D eigenvalue weighted by atomic mass is 10.5. The van der Waals surface area contributed by atoms with Gasteiger partial charge in [-0.15, -0.1) is 0 Å². The van der Waals surface area contributed by atoms with E-state index in [0.29, 0.717) is 0 Å². The lowest BCUT2D eigenvalue weighted by Crippen LogP contribution is -1.81. The van der Waals surface area contributed by atoms with Crippen LogP contribution in [0.1, 0.15) is 13.8 Å². The summed E-state index contributed by atoms with van der Waals surface area (Å²) < 4.78 is 22.7. The van der Waals surface area contributed by atoms with Gasteiger partial charge in [0.25, 0.3) is 0 Å². The number of rotatable bonds is 0. The first kappa shape index (κ1) is 11.6. The van der Waals surface area contributed by atoms with Crippen LogP contribution in [0, 0.1) is 0 Å². The zero-order valence-electron chi connectivity index (χ0n) is 5.56. The number of carboxylic acid groups (broad SMARTS) is 2. The fourth-order valence-corrected chi connectivity index (χ4v) is 0. The Bertz CT molecular complexity index is 120. The Morgan fingerprint density at radius 3 is 1.20 bits per heavy atom. The SMILES string of the molecule is CC(F)=C(C)F.O=C(O)O. The van der Waals surface area contributed by atoms with Crippen molar-refractivity contribution in [2.75, 3.05) is 0 Å². The summed E-state index contributed by atoms with van der Waals surface area (Å²) in [6, 6.07) is 0. The zero-order chi connectivity index (χ0) is 8.73. The lowest BCUT2D eigenvalue weighted by molar-refractivity contribution is 0.137. The molecule has 0 aliphatic carbocycles. The molecule has 2 N–H and O–H groups in total. The maximum atomic E-state index is 11.3. The molecule has 0 aromatic heterocycles. The molecule has 0 unspecified atom stereocenters. The minimum Gasteiger partial charge on any atom is -0.450 e. The van der Waals surface area contributed by atoms with E-state index in [1.54, 1.807) is 0 Å². The van der Waals surface area contributed by atoms with Gasteiger partial charge in [0.05, 0.1) is 0 Å². The summed E-state index contributed by atoms with van der Waals surface area (Å²) in [5.74, 6) is -1.48. The molecule has 0 aliphatic rings. The third-order valence-corrected chi connectivity index (χ3v) is 0.475. The van der Waals surface area contributed by atoms with Crippen molar-refractivity contribution in [2.24, 2.45) is 0 Å². The Morgan fingerprint density at radius 1 is 1.10 bits per heavy atom. The second-order valence-electron chi connectivity index (χ2n) is 1.35. The molecule has 0 aromatic carbocycles. The smallest absolute Gasteiger partial charge is 0.450 e. The molecule has 0 heterocycles. The first-order valence-electron chi connectivity index (χ1n) is 2.28. The molecule has 0 aromatic rings. The molecule has 0 radical (unpaired) electrons. The number of hydrogen-bond donors (Lipinski definition) is 2. The monoisotopic (exact) mass is 154 g/mol. The van der Waals surface area contributed by atoms with Crippen molar-refractivity contribution in [1.29, 1.82) is 0 Å². The average molecular weight is 154 g/mol. The van der Waals surface area contributed by atoms with Gasteiger partial charge in [-0.25, -0.2) is 13.6 Å². The van der Waals surface area contributed by atoms with Gasteiger partial charge in [0.15, 0.2) is 0 Å². The Hall–Kier alpha value is -1.13. The maximum absolute atomic E-state index is 11.3. The molecule has 0 fully saturated rings. The predicted octanol–water partition coefficient (Wildman–Crippen LogP) is 2.40. The first-order chi connectivity index (χ1) is 4.37. The molecule has 3 nitrogen and oxygen atoms in total. The van der Waals surface area contributed by atoms with E-state index in [-0.39, 0.29) is 0 Å². The highest BCUT2D eigenvalue weighted by atomic mass is 19.2. The van der Waals surface area contributed by atoms with Crippen LogP contribution in [0.2, 0.25) is 0 Å². The first-order valence-corrected chi connectivity index (χ1v) is 2.28. The third kappa shape index (κ3) is 28.7. The van der Waals surface area contributed by atoms with Gasteiger partial charge in [-0.3, -0.25) is 0 Å². The van der Waals surface area contributed by atoms with Crippen molar-refractivity contribution in [3.63, 3.8) is 0 Å². The molecule has 10 heavy (non-hydrogen) atoms. The normalized spacial score (nSPS) is 10.8. The van der Waals surface area contributed by atoms with Crippen molar-refractivity contribution < 1.29 is 23.8 Å². The molecule has 0 rings (SSSR count). The second kappa shape index (κ2) is 6.00. The molecule has 0 saturated carbocycles. The van der Waals surface area contributed by atoms with Gasteiger partial charge >= 0.3 is 6.16 Å². The van der Waals surface area contributed by atoms with E-state index in [0.717, 1.165) is 13.8 Å². The van der Waals surface area contributed by atoms with Gasteiger partial charge in [-0.1, -0.05) is 0 Å². The third-order valence-electron chi connectivity index (χ3n) is 0.475. The van der Waals surface area contributed by atoms with Crippen LogP contribution >= 0.6 is 0 Å². The van der Waals surface area contributed by atoms with Gasteiger partial charge in [0, 0.05) is 0 Å². The van der Waals surface area contributed by atoms with Crippen LogP contribution in [-0.2, 0) is 0 Å². The number of carbonyl (C=O) groups is 1. The summed E-state index contributed by atoms with van der Waals surface area (Å²) in [5.41, 5.74) is 0. The van der Waals surface area contributed by atoms with Crippen LogP contribution in [-0.4, -0.2) is 16.4 Å². The zero-order valence-corrected chi connectivity index (χ0v) is 5.56. The summed E-state index contributed by atoms with van der Waals surface area (Å²) >= 11 is 0. The Balaban J connectivity index is 0. The predicted molar refractivity (Wildman–Crippen MR) is 31.2 cm³/mol. The van der Waals surface area contributed by atoms with E-state index >= 15 is 0 Å². The van der Waals surface area contributed by atoms with Gasteiger partial charge in [-0.05, 0) is 13.8 Å². The Kier molecular flexibility index (Phi) is 6.98. The molecule has 60 valence electrons. The van der Waals surface area contributed by atoms with Crippen LogP contribution in [0.4, 0.5) is 13.6 Å². The van der Waals surface area contributed by atoms with E-state index in [9.17, 15) is 8.78 Å². The topological polar surface area (TPSA) is 57.5 Å². The quantitative estimate of drug-likeness (QED) is 0.563. The minimum absolute atomic E-state index is 0.741. The number of allylic oxidation sites excluding steroid dienone is 2. The summed E-state index contributed by atoms with van der Waals surface area (Å²) in [4.78, 5) is 8.56. The van der Waals surface area contributed by atoms with Gasteiger partial charge in [-0.2, -0.15) is 0 Å². The Labute approximate surface area is 56.6 Å². The van der Waals surface area contributed by atoms with Crippen molar-refractivity contribution in [1.82, 2.24) is 0 Å². The van der Waals surface area contributed by atoms with E-state index in [4.69, 9.17) is 15.0 Å². The largest absolute Gasteiger partial charge is 0.503 e.